The van der Waals surface area contributed by atoms with Gasteiger partial charge in [0.15, 0.2) is 0 Å². The summed E-state index contributed by atoms with van der Waals surface area (Å²) < 4.78 is 13.7. The highest BCUT2D eigenvalue weighted by atomic mass is 19.1. The molecule has 1 aromatic rings. The molecule has 0 spiro atoms. The lowest BCUT2D eigenvalue weighted by molar-refractivity contribution is 0.229. The minimum atomic E-state index is -0.734. The molecule has 1 aromatic carbocycles. The molecule has 3 nitrogen and oxygen atoms in total. The fourth-order valence-electron chi connectivity index (χ4n) is 1.74. The number of nitrogens with one attached hydrogen (secondary N) is 2. The van der Waals surface area contributed by atoms with E-state index in [0.29, 0.717) is 12.1 Å². The number of rotatable bonds is 5. The Labute approximate surface area is 108 Å². The van der Waals surface area contributed by atoms with E-state index in [9.17, 15) is 9.18 Å². The quantitative estimate of drug-likeness (QED) is 0.776. The molecule has 2 amide bonds. The highest BCUT2D eigenvalue weighted by Crippen LogP contribution is 2.22. The first-order valence-electron chi connectivity index (χ1n) is 6.28. The molecule has 0 heterocycles. The van der Waals surface area contributed by atoms with Gasteiger partial charge in [-0.3, -0.25) is 0 Å². The van der Waals surface area contributed by atoms with Gasteiger partial charge in [0.25, 0.3) is 0 Å². The summed E-state index contributed by atoms with van der Waals surface area (Å²) in [6.45, 7) is 6.26. The summed E-state index contributed by atoms with van der Waals surface area (Å²) >= 11 is 0. The third-order valence-corrected chi connectivity index (χ3v) is 2.79. The number of hydrogen-bond donors (Lipinski definition) is 2. The number of hydrogen-bond acceptors (Lipinski definition) is 1. The van der Waals surface area contributed by atoms with Crippen LogP contribution in [0, 0.1) is 5.82 Å². The van der Waals surface area contributed by atoms with E-state index in [1.807, 2.05) is 0 Å². The molecule has 1 rings (SSSR count). The Morgan fingerprint density at radius 3 is 2.61 bits per heavy atom. The summed E-state index contributed by atoms with van der Waals surface area (Å²) in [6, 6.07) is 6.21. The molecule has 2 N–H and O–H groups in total. The lowest BCUT2D eigenvalue weighted by atomic mass is 9.94. The van der Waals surface area contributed by atoms with Gasteiger partial charge in [0.05, 0.1) is 5.54 Å². The first-order valence-corrected chi connectivity index (χ1v) is 6.28. The molecular formula is C14H21FN2O. The third kappa shape index (κ3) is 4.02. The Balaban J connectivity index is 2.64. The monoisotopic (exact) mass is 252 g/mol. The van der Waals surface area contributed by atoms with Crippen LogP contribution in [0.5, 0.6) is 0 Å². The van der Waals surface area contributed by atoms with Crippen molar-refractivity contribution in [3.05, 3.63) is 35.6 Å². The largest absolute Gasteiger partial charge is 0.338 e. The number of halogens is 1. The second-order valence-electron chi connectivity index (χ2n) is 4.84. The van der Waals surface area contributed by atoms with Gasteiger partial charge in [-0.15, -0.1) is 0 Å². The number of carbonyl (C=O) groups excluding carboxylic acids is 1. The molecule has 0 aliphatic carbocycles. The zero-order valence-corrected chi connectivity index (χ0v) is 11.2. The molecule has 0 saturated carbocycles. The van der Waals surface area contributed by atoms with Crippen molar-refractivity contribution in [2.75, 3.05) is 6.54 Å². The standard InChI is InChI=1S/C14H21FN2O/c1-4-5-10-16-13(18)17-14(2,3)11-8-6-7-9-12(11)15/h6-9H,4-5,10H2,1-3H3,(H2,16,17,18). The van der Waals surface area contributed by atoms with Crippen molar-refractivity contribution in [3.8, 4) is 0 Å². The van der Waals surface area contributed by atoms with Crippen molar-refractivity contribution in [2.24, 2.45) is 0 Å². The van der Waals surface area contributed by atoms with Crippen LogP contribution in [0.25, 0.3) is 0 Å². The van der Waals surface area contributed by atoms with Crippen molar-refractivity contribution >= 4 is 6.03 Å². The van der Waals surface area contributed by atoms with Crippen molar-refractivity contribution in [3.63, 3.8) is 0 Å². The topological polar surface area (TPSA) is 41.1 Å². The molecule has 0 aliphatic heterocycles. The number of carbonyl (C=O) groups is 1. The number of amides is 2. The van der Waals surface area contributed by atoms with Crippen molar-refractivity contribution in [1.29, 1.82) is 0 Å². The molecule has 0 atom stereocenters. The van der Waals surface area contributed by atoms with E-state index >= 15 is 0 Å². The van der Waals surface area contributed by atoms with Gasteiger partial charge in [0.1, 0.15) is 5.82 Å². The van der Waals surface area contributed by atoms with E-state index in [4.69, 9.17) is 0 Å². The predicted molar refractivity (Wildman–Crippen MR) is 70.9 cm³/mol. The first-order chi connectivity index (χ1) is 8.47. The van der Waals surface area contributed by atoms with Crippen LogP contribution in [0.1, 0.15) is 39.2 Å². The van der Waals surface area contributed by atoms with Crippen LogP contribution in [0.3, 0.4) is 0 Å². The van der Waals surface area contributed by atoms with Crippen molar-refractivity contribution in [1.82, 2.24) is 10.6 Å². The number of benzene rings is 1. The molecule has 0 aromatic heterocycles. The van der Waals surface area contributed by atoms with Crippen LogP contribution in [0.15, 0.2) is 24.3 Å². The lowest BCUT2D eigenvalue weighted by Crippen LogP contribution is -2.47. The fraction of sp³-hybridized carbons (Fsp3) is 0.500. The lowest BCUT2D eigenvalue weighted by Gasteiger charge is -2.27. The summed E-state index contributed by atoms with van der Waals surface area (Å²) in [5.41, 5.74) is -0.252. The molecule has 0 fully saturated rings. The van der Waals surface area contributed by atoms with Gasteiger partial charge in [-0.25, -0.2) is 9.18 Å². The summed E-state index contributed by atoms with van der Waals surface area (Å²) in [5, 5.41) is 5.54. The molecule has 4 heteroatoms. The Hall–Kier alpha value is -1.58. The Morgan fingerprint density at radius 2 is 2.00 bits per heavy atom. The van der Waals surface area contributed by atoms with E-state index in [1.165, 1.54) is 6.07 Å². The number of unbranched alkanes of at least 4 members (excludes halogenated alkanes) is 1. The second kappa shape index (κ2) is 6.38. The fourth-order valence-corrected chi connectivity index (χ4v) is 1.74. The van der Waals surface area contributed by atoms with Gasteiger partial charge < -0.3 is 10.6 Å². The van der Waals surface area contributed by atoms with E-state index < -0.39 is 5.54 Å². The Bertz CT molecular complexity index is 405. The van der Waals surface area contributed by atoms with Gasteiger partial charge in [0.2, 0.25) is 0 Å². The third-order valence-electron chi connectivity index (χ3n) is 2.79. The van der Waals surface area contributed by atoms with Gasteiger partial charge in [0, 0.05) is 12.1 Å². The first kappa shape index (κ1) is 14.5. The van der Waals surface area contributed by atoms with Crippen molar-refractivity contribution < 1.29 is 9.18 Å². The SMILES string of the molecule is CCCCNC(=O)NC(C)(C)c1ccccc1F. The van der Waals surface area contributed by atoms with E-state index in [2.05, 4.69) is 17.6 Å². The molecule has 100 valence electrons. The van der Waals surface area contributed by atoms with E-state index in [0.717, 1.165) is 12.8 Å². The summed E-state index contributed by atoms with van der Waals surface area (Å²) in [5.74, 6) is -0.309. The predicted octanol–water partition coefficient (Wildman–Crippen LogP) is 3.16. The van der Waals surface area contributed by atoms with Crippen LogP contribution < -0.4 is 10.6 Å². The summed E-state index contributed by atoms with van der Waals surface area (Å²) in [7, 11) is 0. The molecule has 0 saturated heterocycles. The molecule has 0 bridgehead atoms. The average Bonchev–Trinajstić information content (AvgIpc) is 2.29. The van der Waals surface area contributed by atoms with E-state index in [-0.39, 0.29) is 11.8 Å². The minimum Gasteiger partial charge on any atom is -0.338 e. The molecule has 0 aliphatic rings. The van der Waals surface area contributed by atoms with Crippen LogP contribution in [0.4, 0.5) is 9.18 Å². The second-order valence-corrected chi connectivity index (χ2v) is 4.84. The normalized spacial score (nSPS) is 11.1. The smallest absolute Gasteiger partial charge is 0.315 e. The maximum absolute atomic E-state index is 13.7. The maximum atomic E-state index is 13.7. The molecule has 0 unspecified atom stereocenters. The molecule has 0 radical (unpaired) electrons. The van der Waals surface area contributed by atoms with Gasteiger partial charge in [-0.05, 0) is 26.3 Å². The molecule has 18 heavy (non-hydrogen) atoms. The van der Waals surface area contributed by atoms with Crippen molar-refractivity contribution in [2.45, 2.75) is 39.2 Å². The maximum Gasteiger partial charge on any atom is 0.315 e. The van der Waals surface area contributed by atoms with E-state index in [1.54, 1.807) is 32.0 Å². The summed E-state index contributed by atoms with van der Waals surface area (Å²) in [6.07, 6.45) is 1.96. The van der Waals surface area contributed by atoms with Crippen LogP contribution in [0.2, 0.25) is 0 Å². The Kier molecular flexibility index (Phi) is 5.13. The number of urea groups is 1. The average molecular weight is 252 g/mol. The van der Waals surface area contributed by atoms with Crippen LogP contribution in [-0.4, -0.2) is 12.6 Å². The zero-order valence-electron chi connectivity index (χ0n) is 11.2. The summed E-state index contributed by atoms with van der Waals surface area (Å²) in [4.78, 5) is 11.7. The van der Waals surface area contributed by atoms with Gasteiger partial charge >= 0.3 is 6.03 Å². The zero-order chi connectivity index (χ0) is 13.6. The highest BCUT2D eigenvalue weighted by Gasteiger charge is 2.25. The Morgan fingerprint density at radius 1 is 1.33 bits per heavy atom. The van der Waals surface area contributed by atoms with Gasteiger partial charge in [-0.1, -0.05) is 31.5 Å². The minimum absolute atomic E-state index is 0.267. The van der Waals surface area contributed by atoms with Crippen LogP contribution >= 0.6 is 0 Å². The van der Waals surface area contributed by atoms with Crippen LogP contribution in [-0.2, 0) is 5.54 Å². The van der Waals surface area contributed by atoms with Gasteiger partial charge in [-0.2, -0.15) is 0 Å². The highest BCUT2D eigenvalue weighted by molar-refractivity contribution is 5.74. The molecular weight excluding hydrogens is 231 g/mol.